The van der Waals surface area contributed by atoms with Gasteiger partial charge >= 0.3 is 0 Å². The lowest BCUT2D eigenvalue weighted by atomic mass is 9.67. The van der Waals surface area contributed by atoms with Gasteiger partial charge in [-0.3, -0.25) is 0 Å². The summed E-state index contributed by atoms with van der Waals surface area (Å²) in [5.74, 6) is 0. The number of furan rings is 2. The Morgan fingerprint density at radius 3 is 1.80 bits per heavy atom. The van der Waals surface area contributed by atoms with E-state index in [-0.39, 0.29) is 0 Å². The first-order chi connectivity index (χ1) is 29.3. The highest BCUT2D eigenvalue weighted by molar-refractivity contribution is 7.26. The molecule has 0 unspecified atom stereocenters. The lowest BCUT2D eigenvalue weighted by Gasteiger charge is -2.33. The normalized spacial score (nSPS) is 13.2. The van der Waals surface area contributed by atoms with E-state index in [1.165, 1.54) is 48.0 Å². The van der Waals surface area contributed by atoms with Gasteiger partial charge in [0.25, 0.3) is 0 Å². The fourth-order valence-electron chi connectivity index (χ4n) is 10.2. The number of nitrogens with zero attached hydrogens (tertiary/aromatic N) is 1. The van der Waals surface area contributed by atoms with E-state index in [0.717, 1.165) is 66.5 Å². The maximum absolute atomic E-state index is 7.21. The molecular weight excluding hydrogens is 739 g/mol. The second kappa shape index (κ2) is 12.3. The molecule has 3 nitrogen and oxygen atoms in total. The van der Waals surface area contributed by atoms with Crippen molar-refractivity contribution in [3.05, 3.63) is 222 Å². The third kappa shape index (κ3) is 4.41. The van der Waals surface area contributed by atoms with Crippen molar-refractivity contribution in [3.63, 3.8) is 0 Å². The minimum Gasteiger partial charge on any atom is -0.455 e. The maximum atomic E-state index is 7.21. The number of hydrogen-bond acceptors (Lipinski definition) is 4. The molecule has 13 rings (SSSR count). The zero-order valence-electron chi connectivity index (χ0n) is 31.7. The van der Waals surface area contributed by atoms with Crippen LogP contribution < -0.4 is 4.90 Å². The Labute approximate surface area is 343 Å². The third-order valence-corrected chi connectivity index (χ3v) is 13.7. The second-order valence-electron chi connectivity index (χ2n) is 15.5. The van der Waals surface area contributed by atoms with Gasteiger partial charge in [-0.1, -0.05) is 158 Å². The van der Waals surface area contributed by atoms with Crippen molar-refractivity contribution in [3.8, 4) is 11.1 Å². The molecule has 0 atom stereocenters. The zero-order valence-corrected chi connectivity index (χ0v) is 32.5. The van der Waals surface area contributed by atoms with Crippen LogP contribution in [0.3, 0.4) is 0 Å². The quantitative estimate of drug-likeness (QED) is 0.175. The molecule has 9 aromatic carbocycles. The summed E-state index contributed by atoms with van der Waals surface area (Å²) in [6, 6.07) is 72.2. The highest BCUT2D eigenvalue weighted by atomic mass is 32.1. The average molecular weight is 772 g/mol. The van der Waals surface area contributed by atoms with E-state index in [4.69, 9.17) is 8.83 Å². The highest BCUT2D eigenvalue weighted by Crippen LogP contribution is 2.59. The molecule has 3 heterocycles. The van der Waals surface area contributed by atoms with Gasteiger partial charge in [-0.05, 0) is 70.3 Å². The number of para-hydroxylation sites is 2. The van der Waals surface area contributed by atoms with Crippen LogP contribution in [-0.4, -0.2) is 0 Å². The van der Waals surface area contributed by atoms with Gasteiger partial charge in [0.2, 0.25) is 0 Å². The average Bonchev–Trinajstić information content (AvgIpc) is 4.06. The van der Waals surface area contributed by atoms with E-state index in [0.29, 0.717) is 0 Å². The summed E-state index contributed by atoms with van der Waals surface area (Å²) in [6.45, 7) is 0. The van der Waals surface area contributed by atoms with Gasteiger partial charge in [-0.2, -0.15) is 0 Å². The zero-order chi connectivity index (χ0) is 38.7. The van der Waals surface area contributed by atoms with Crippen molar-refractivity contribution in [2.75, 3.05) is 4.90 Å². The molecule has 3 aromatic heterocycles. The number of rotatable bonds is 5. The fourth-order valence-corrected chi connectivity index (χ4v) is 11.3. The predicted molar refractivity (Wildman–Crippen MR) is 246 cm³/mol. The molecular formula is C55H33NO2S. The predicted octanol–water partition coefficient (Wildman–Crippen LogP) is 15.7. The second-order valence-corrected chi connectivity index (χ2v) is 16.6. The van der Waals surface area contributed by atoms with Crippen LogP contribution in [-0.2, 0) is 5.41 Å². The smallest absolute Gasteiger partial charge is 0.159 e. The van der Waals surface area contributed by atoms with Crippen LogP contribution in [0.15, 0.2) is 209 Å². The molecule has 59 heavy (non-hydrogen) atoms. The van der Waals surface area contributed by atoms with Crippen molar-refractivity contribution >= 4 is 92.4 Å². The Bertz CT molecular complexity index is 3590. The van der Waals surface area contributed by atoms with Gasteiger partial charge in [-0.25, -0.2) is 0 Å². The highest BCUT2D eigenvalue weighted by Gasteiger charge is 2.47. The van der Waals surface area contributed by atoms with Crippen molar-refractivity contribution < 1.29 is 8.83 Å². The summed E-state index contributed by atoms with van der Waals surface area (Å²) in [5.41, 5.74) is 13.3. The van der Waals surface area contributed by atoms with Crippen molar-refractivity contribution in [2.24, 2.45) is 0 Å². The fraction of sp³-hybridized carbons (Fsp3) is 0.0182. The molecule has 1 aliphatic carbocycles. The molecule has 0 saturated heterocycles. The standard InChI is InChI=1S/C55H33NO2S/c1-3-16-34(17-4-1)55(35-18-5-2-6-19-35)41-24-10-7-21-38(41)50-42(55)33-32-40-51-43(25-14-29-47(51)58-54(40)50)56(44-26-15-31-49-52(44)39-22-9-12-30-48(39)59-49)45-27-13-23-37-36-20-8-11-28-46(36)57-53(37)45/h1-33H. The molecule has 0 aliphatic heterocycles. The number of benzene rings is 9. The van der Waals surface area contributed by atoms with Gasteiger partial charge in [0, 0.05) is 41.9 Å². The van der Waals surface area contributed by atoms with E-state index in [1.807, 2.05) is 17.4 Å². The molecule has 0 fully saturated rings. The molecule has 0 radical (unpaired) electrons. The van der Waals surface area contributed by atoms with E-state index in [1.54, 1.807) is 0 Å². The molecule has 0 saturated carbocycles. The number of fused-ring (bicyclic) bond motifs is 13. The first-order valence-electron chi connectivity index (χ1n) is 20.1. The van der Waals surface area contributed by atoms with Gasteiger partial charge in [0.15, 0.2) is 5.58 Å². The van der Waals surface area contributed by atoms with Crippen molar-refractivity contribution in [1.29, 1.82) is 0 Å². The van der Waals surface area contributed by atoms with Crippen LogP contribution in [0.25, 0.3) is 75.2 Å². The molecule has 0 N–H and O–H groups in total. The van der Waals surface area contributed by atoms with E-state index in [2.05, 4.69) is 199 Å². The minimum absolute atomic E-state index is 0.525. The van der Waals surface area contributed by atoms with Crippen LogP contribution in [0.2, 0.25) is 0 Å². The van der Waals surface area contributed by atoms with Crippen LogP contribution in [0.5, 0.6) is 0 Å². The van der Waals surface area contributed by atoms with E-state index < -0.39 is 5.41 Å². The molecule has 1 aliphatic rings. The molecule has 276 valence electrons. The summed E-state index contributed by atoms with van der Waals surface area (Å²) in [6.07, 6.45) is 0. The van der Waals surface area contributed by atoms with Gasteiger partial charge < -0.3 is 13.7 Å². The Morgan fingerprint density at radius 2 is 0.966 bits per heavy atom. The summed E-state index contributed by atoms with van der Waals surface area (Å²) >= 11 is 1.83. The Hall–Kier alpha value is -7.40. The minimum atomic E-state index is -0.525. The Balaban J connectivity index is 1.15. The monoisotopic (exact) mass is 771 g/mol. The summed E-state index contributed by atoms with van der Waals surface area (Å²) in [7, 11) is 0. The lowest BCUT2D eigenvalue weighted by molar-refractivity contribution is 0.668. The molecule has 0 bridgehead atoms. The summed E-state index contributed by atoms with van der Waals surface area (Å²) in [5, 5.41) is 6.78. The van der Waals surface area contributed by atoms with E-state index in [9.17, 15) is 0 Å². The number of hydrogen-bond donors (Lipinski definition) is 0. The van der Waals surface area contributed by atoms with Crippen LogP contribution in [0.4, 0.5) is 17.1 Å². The SMILES string of the molecule is c1ccc(C2(c3ccccc3)c3ccccc3-c3c2ccc2c3oc3cccc(N(c4cccc5c4oc4ccccc45)c4cccc5sc6ccccc6c45)c32)cc1. The first-order valence-corrected chi connectivity index (χ1v) is 20.9. The first kappa shape index (κ1) is 32.7. The summed E-state index contributed by atoms with van der Waals surface area (Å²) in [4.78, 5) is 2.42. The largest absolute Gasteiger partial charge is 0.455 e. The van der Waals surface area contributed by atoms with Crippen LogP contribution in [0, 0.1) is 0 Å². The van der Waals surface area contributed by atoms with Gasteiger partial charge in [0.05, 0.1) is 27.9 Å². The number of anilines is 3. The third-order valence-electron chi connectivity index (χ3n) is 12.5. The van der Waals surface area contributed by atoms with Crippen LogP contribution in [0.1, 0.15) is 22.3 Å². The topological polar surface area (TPSA) is 29.5 Å². The van der Waals surface area contributed by atoms with Gasteiger partial charge in [-0.15, -0.1) is 11.3 Å². The molecule has 0 spiro atoms. The van der Waals surface area contributed by atoms with Gasteiger partial charge in [0.1, 0.15) is 16.7 Å². The number of thiophene rings is 1. The van der Waals surface area contributed by atoms with Crippen molar-refractivity contribution in [2.45, 2.75) is 5.41 Å². The molecule has 12 aromatic rings. The Morgan fingerprint density at radius 1 is 0.373 bits per heavy atom. The summed E-state index contributed by atoms with van der Waals surface area (Å²) < 4.78 is 16.5. The van der Waals surface area contributed by atoms with Crippen molar-refractivity contribution in [1.82, 2.24) is 0 Å². The van der Waals surface area contributed by atoms with Crippen LogP contribution >= 0.6 is 11.3 Å². The molecule has 4 heteroatoms. The molecule has 0 amide bonds. The lowest BCUT2D eigenvalue weighted by Crippen LogP contribution is -2.28. The maximum Gasteiger partial charge on any atom is 0.159 e. The van der Waals surface area contributed by atoms with E-state index >= 15 is 0 Å². The Kier molecular flexibility index (Phi) is 6.81.